The van der Waals surface area contributed by atoms with Gasteiger partial charge >= 0.3 is 5.97 Å². The topological polar surface area (TPSA) is 70.1 Å². The van der Waals surface area contributed by atoms with Crippen molar-refractivity contribution in [3.8, 4) is 0 Å². The zero-order valence-corrected chi connectivity index (χ0v) is 10.9. The monoisotopic (exact) mass is 265 g/mol. The van der Waals surface area contributed by atoms with E-state index in [1.165, 1.54) is 11.3 Å². The zero-order valence-electron chi connectivity index (χ0n) is 10.1. The third-order valence-electron chi connectivity index (χ3n) is 2.51. The fourth-order valence-corrected chi connectivity index (χ4v) is 2.33. The van der Waals surface area contributed by atoms with Crippen LogP contribution in [0.3, 0.4) is 0 Å². The molecule has 96 valence electrons. The highest BCUT2D eigenvalue weighted by atomic mass is 32.1. The first-order valence-electron chi connectivity index (χ1n) is 5.65. The third kappa shape index (κ3) is 3.10. The van der Waals surface area contributed by atoms with Crippen LogP contribution in [0.5, 0.6) is 0 Å². The molecule has 0 bridgehead atoms. The minimum Gasteiger partial charge on any atom is -0.461 e. The second-order valence-corrected chi connectivity index (χ2v) is 5.17. The number of ether oxygens (including phenoxy) is 1. The van der Waals surface area contributed by atoms with Crippen LogP contribution >= 0.6 is 11.3 Å². The molecule has 2 rings (SSSR count). The molecule has 2 aromatic heterocycles. The molecule has 0 atom stereocenters. The van der Waals surface area contributed by atoms with Crippen LogP contribution in [0.2, 0.25) is 0 Å². The lowest BCUT2D eigenvalue weighted by Crippen LogP contribution is -2.07. The molecule has 2 aromatic rings. The molecule has 2 heterocycles. The number of anilines is 1. The molecule has 0 unspecified atom stereocenters. The first-order chi connectivity index (χ1) is 8.66. The van der Waals surface area contributed by atoms with Crippen LogP contribution in [0.4, 0.5) is 5.69 Å². The van der Waals surface area contributed by atoms with Gasteiger partial charge in [0.2, 0.25) is 0 Å². The number of hydrogen-bond donors (Lipinski definition) is 1. The Labute approximate surface area is 109 Å². The summed E-state index contributed by atoms with van der Waals surface area (Å²) in [5, 5.41) is 0. The largest absolute Gasteiger partial charge is 0.461 e. The van der Waals surface area contributed by atoms with E-state index >= 15 is 0 Å². The van der Waals surface area contributed by atoms with Crippen LogP contribution in [0, 0.1) is 6.92 Å². The van der Waals surface area contributed by atoms with E-state index < -0.39 is 0 Å². The Morgan fingerprint density at radius 2 is 2.44 bits per heavy atom. The summed E-state index contributed by atoms with van der Waals surface area (Å²) < 4.78 is 7.12. The van der Waals surface area contributed by atoms with Crippen LogP contribution < -0.4 is 5.73 Å². The lowest BCUT2D eigenvalue weighted by Gasteiger charge is -2.03. The van der Waals surface area contributed by atoms with Gasteiger partial charge in [0.05, 0.1) is 12.9 Å². The molecular weight excluding hydrogens is 250 g/mol. The summed E-state index contributed by atoms with van der Waals surface area (Å²) in [6.45, 7) is 3.07. The summed E-state index contributed by atoms with van der Waals surface area (Å²) in [5.74, 6) is -0.301. The average molecular weight is 265 g/mol. The average Bonchev–Trinajstić information content (AvgIpc) is 2.96. The number of thiophene rings is 1. The number of imidazole rings is 1. The standard InChI is InChI=1S/C12H15N3O2S/c1-9-10(13)7-11(18-9)12(16)17-6-2-4-15-5-3-14-8-15/h3,5,7-8H,2,4,6,13H2,1H3. The van der Waals surface area contributed by atoms with Gasteiger partial charge in [0.15, 0.2) is 0 Å². The van der Waals surface area contributed by atoms with Gasteiger partial charge in [0.1, 0.15) is 4.88 Å². The quantitative estimate of drug-likeness (QED) is 0.663. The molecule has 0 aliphatic rings. The van der Waals surface area contributed by atoms with Crippen LogP contribution in [0.1, 0.15) is 21.0 Å². The molecule has 6 heteroatoms. The SMILES string of the molecule is Cc1sc(C(=O)OCCCn2ccnc2)cc1N. The smallest absolute Gasteiger partial charge is 0.348 e. The zero-order chi connectivity index (χ0) is 13.0. The number of esters is 1. The number of nitrogens with two attached hydrogens (primary N) is 1. The molecule has 5 nitrogen and oxygen atoms in total. The Kier molecular flexibility index (Phi) is 3.99. The van der Waals surface area contributed by atoms with Crippen LogP contribution in [-0.4, -0.2) is 22.1 Å². The lowest BCUT2D eigenvalue weighted by atomic mass is 10.4. The van der Waals surface area contributed by atoms with E-state index in [-0.39, 0.29) is 5.97 Å². The number of aryl methyl sites for hydroxylation is 2. The van der Waals surface area contributed by atoms with Gasteiger partial charge in [0.25, 0.3) is 0 Å². The first-order valence-corrected chi connectivity index (χ1v) is 6.47. The van der Waals surface area contributed by atoms with Crippen molar-refractivity contribution < 1.29 is 9.53 Å². The Morgan fingerprint density at radius 3 is 3.06 bits per heavy atom. The van der Waals surface area contributed by atoms with Crippen LogP contribution in [-0.2, 0) is 11.3 Å². The van der Waals surface area contributed by atoms with Gasteiger partial charge < -0.3 is 15.0 Å². The molecule has 2 N–H and O–H groups in total. The predicted octanol–water partition coefficient (Wildman–Crippen LogP) is 2.08. The molecular formula is C12H15N3O2S. The van der Waals surface area contributed by atoms with Crippen molar-refractivity contribution in [1.82, 2.24) is 9.55 Å². The summed E-state index contributed by atoms with van der Waals surface area (Å²) in [5.41, 5.74) is 6.33. The summed E-state index contributed by atoms with van der Waals surface area (Å²) in [7, 11) is 0. The van der Waals surface area contributed by atoms with E-state index in [9.17, 15) is 4.79 Å². The third-order valence-corrected chi connectivity index (χ3v) is 3.56. The van der Waals surface area contributed by atoms with E-state index in [1.54, 1.807) is 18.6 Å². The molecule has 0 amide bonds. The van der Waals surface area contributed by atoms with Crippen molar-refractivity contribution in [2.75, 3.05) is 12.3 Å². The van der Waals surface area contributed by atoms with Crippen molar-refractivity contribution in [2.24, 2.45) is 0 Å². The molecule has 0 aromatic carbocycles. The molecule has 18 heavy (non-hydrogen) atoms. The summed E-state index contributed by atoms with van der Waals surface area (Å²) in [4.78, 5) is 17.1. The number of aromatic nitrogens is 2. The molecule has 0 saturated carbocycles. The van der Waals surface area contributed by atoms with Crippen molar-refractivity contribution >= 4 is 23.0 Å². The maximum Gasteiger partial charge on any atom is 0.348 e. The Bertz CT molecular complexity index is 500. The Balaban J connectivity index is 1.75. The van der Waals surface area contributed by atoms with Crippen molar-refractivity contribution in [3.63, 3.8) is 0 Å². The summed E-state index contributed by atoms with van der Waals surface area (Å²) in [6.07, 6.45) is 6.11. The van der Waals surface area contributed by atoms with E-state index in [1.807, 2.05) is 17.7 Å². The highest BCUT2D eigenvalue weighted by molar-refractivity contribution is 7.14. The van der Waals surface area contributed by atoms with Crippen molar-refractivity contribution in [3.05, 3.63) is 34.5 Å². The maximum atomic E-state index is 11.7. The number of carbonyl (C=O) groups is 1. The van der Waals surface area contributed by atoms with Crippen LogP contribution in [0.15, 0.2) is 24.8 Å². The van der Waals surface area contributed by atoms with Gasteiger partial charge in [-0.15, -0.1) is 11.3 Å². The molecule has 0 fully saturated rings. The van der Waals surface area contributed by atoms with Gasteiger partial charge in [-0.1, -0.05) is 0 Å². The molecule has 0 spiro atoms. The normalized spacial score (nSPS) is 10.5. The van der Waals surface area contributed by atoms with E-state index in [0.29, 0.717) is 17.2 Å². The van der Waals surface area contributed by atoms with Gasteiger partial charge in [-0.25, -0.2) is 9.78 Å². The second-order valence-electron chi connectivity index (χ2n) is 3.91. The Hall–Kier alpha value is -1.82. The molecule has 0 aliphatic heterocycles. The van der Waals surface area contributed by atoms with Crippen LogP contribution in [0.25, 0.3) is 0 Å². The van der Waals surface area contributed by atoms with Gasteiger partial charge in [-0.05, 0) is 19.4 Å². The molecule has 0 aliphatic carbocycles. The number of hydrogen-bond acceptors (Lipinski definition) is 5. The second kappa shape index (κ2) is 5.68. The first kappa shape index (κ1) is 12.6. The van der Waals surface area contributed by atoms with Crippen molar-refractivity contribution in [1.29, 1.82) is 0 Å². The van der Waals surface area contributed by atoms with Crippen molar-refractivity contribution in [2.45, 2.75) is 19.9 Å². The fourth-order valence-electron chi connectivity index (χ4n) is 1.50. The maximum absolute atomic E-state index is 11.7. The van der Waals surface area contributed by atoms with E-state index in [0.717, 1.165) is 17.8 Å². The minimum absolute atomic E-state index is 0.301. The summed E-state index contributed by atoms with van der Waals surface area (Å²) in [6, 6.07) is 1.66. The molecule has 0 radical (unpaired) electrons. The lowest BCUT2D eigenvalue weighted by molar-refractivity contribution is 0.0502. The minimum atomic E-state index is -0.301. The van der Waals surface area contributed by atoms with E-state index in [4.69, 9.17) is 10.5 Å². The Morgan fingerprint density at radius 1 is 1.61 bits per heavy atom. The van der Waals surface area contributed by atoms with Gasteiger partial charge in [-0.2, -0.15) is 0 Å². The number of carbonyl (C=O) groups excluding carboxylic acids is 1. The highest BCUT2D eigenvalue weighted by Crippen LogP contribution is 2.23. The number of nitrogen functional groups attached to an aromatic ring is 1. The van der Waals surface area contributed by atoms with Gasteiger partial charge in [-0.3, -0.25) is 0 Å². The van der Waals surface area contributed by atoms with Gasteiger partial charge in [0, 0.05) is 29.5 Å². The fraction of sp³-hybridized carbons (Fsp3) is 0.333. The number of rotatable bonds is 5. The highest BCUT2D eigenvalue weighted by Gasteiger charge is 2.11. The summed E-state index contributed by atoms with van der Waals surface area (Å²) >= 11 is 1.36. The predicted molar refractivity (Wildman–Crippen MR) is 70.6 cm³/mol. The van der Waals surface area contributed by atoms with E-state index in [2.05, 4.69) is 4.98 Å². The molecule has 0 saturated heterocycles. The number of nitrogens with zero attached hydrogens (tertiary/aromatic N) is 2.